The van der Waals surface area contributed by atoms with Crippen molar-refractivity contribution in [3.05, 3.63) is 94.0 Å². The van der Waals surface area contributed by atoms with Crippen LogP contribution in [0.5, 0.6) is 46.0 Å². The van der Waals surface area contributed by atoms with Crippen LogP contribution in [-0.2, 0) is 25.7 Å². The Bertz CT molecular complexity index is 1790. The molecule has 0 N–H and O–H groups in total. The van der Waals surface area contributed by atoms with Crippen molar-refractivity contribution in [3.63, 3.8) is 0 Å². The van der Waals surface area contributed by atoms with Crippen LogP contribution in [0.15, 0.2) is 60.7 Å². The SMILES string of the molecule is CCCOc1c(OC)cc2c3c1Oc1cc4c(cc1OC)CCN(C)[C@H]4Cc1ccc(cc1)Oc1cc(ccc1OC)C[C@@H]3N(C)CC2. The van der Waals surface area contributed by atoms with Crippen LogP contribution in [0.1, 0.15) is 58.8 Å². The van der Waals surface area contributed by atoms with Crippen LogP contribution in [0.25, 0.3) is 0 Å². The monoisotopic (exact) mass is 650 g/mol. The minimum atomic E-state index is 0.000508. The first kappa shape index (κ1) is 32.2. The van der Waals surface area contributed by atoms with Gasteiger partial charge in [0.15, 0.2) is 34.5 Å². The Balaban J connectivity index is 1.47. The molecule has 4 aromatic carbocycles. The van der Waals surface area contributed by atoms with E-state index in [4.69, 9.17) is 28.4 Å². The molecule has 0 fully saturated rings. The van der Waals surface area contributed by atoms with Gasteiger partial charge in [0.25, 0.3) is 0 Å². The minimum Gasteiger partial charge on any atom is -0.493 e. The normalized spacial score (nSPS) is 18.9. The summed E-state index contributed by atoms with van der Waals surface area (Å²) in [5.74, 6) is 5.55. The van der Waals surface area contributed by atoms with Gasteiger partial charge in [-0.05, 0) is 116 Å². The molecule has 4 heterocycles. The molecule has 4 aromatic rings. The Kier molecular flexibility index (Phi) is 9.12. The van der Waals surface area contributed by atoms with E-state index in [0.717, 1.165) is 62.1 Å². The van der Waals surface area contributed by atoms with E-state index in [0.29, 0.717) is 46.9 Å². The van der Waals surface area contributed by atoms with Gasteiger partial charge >= 0.3 is 0 Å². The lowest BCUT2D eigenvalue weighted by atomic mass is 9.87. The number of methoxy groups -OCH3 is 3. The molecule has 0 spiro atoms. The van der Waals surface area contributed by atoms with Gasteiger partial charge < -0.3 is 28.4 Å². The fourth-order valence-electron chi connectivity index (χ4n) is 7.42. The molecule has 0 radical (unpaired) electrons. The Morgan fingerprint density at radius 2 is 1.33 bits per heavy atom. The van der Waals surface area contributed by atoms with Gasteiger partial charge in [0.05, 0.1) is 27.9 Å². The fourth-order valence-corrected chi connectivity index (χ4v) is 7.42. The Hall–Kier alpha value is -4.40. The van der Waals surface area contributed by atoms with Gasteiger partial charge in [-0.2, -0.15) is 0 Å². The Morgan fingerprint density at radius 1 is 0.688 bits per heavy atom. The Labute approximate surface area is 284 Å². The largest absolute Gasteiger partial charge is 0.493 e. The maximum Gasteiger partial charge on any atom is 0.204 e. The second-order valence-corrected chi connectivity index (χ2v) is 13.1. The van der Waals surface area contributed by atoms with E-state index in [9.17, 15) is 0 Å². The lowest BCUT2D eigenvalue weighted by molar-refractivity contribution is 0.217. The zero-order chi connectivity index (χ0) is 33.4. The fraction of sp³-hybridized carbons (Fsp3) is 0.400. The molecule has 0 aromatic heterocycles. The molecular weight excluding hydrogens is 604 g/mol. The van der Waals surface area contributed by atoms with E-state index in [1.54, 1.807) is 21.3 Å². The zero-order valence-electron chi connectivity index (χ0n) is 28.9. The molecule has 8 heteroatoms. The summed E-state index contributed by atoms with van der Waals surface area (Å²) in [5, 5.41) is 0. The second kappa shape index (κ2) is 13.6. The standard InChI is InChI=1S/C40H46N2O6/c1-7-18-46-39-37(45-6)23-28-15-17-42(3)32-20-26-10-13-33(43-4)35(21-26)47-29-11-8-25(9-12-29)19-31-30-24-36(48-40(39)38(28)32)34(44-5)22-27(30)14-16-41(31)2/h8-13,21-24,31-32H,7,14-20H2,1-6H3/t31-,32-/m0/s1. The lowest BCUT2D eigenvalue weighted by Crippen LogP contribution is -2.34. The molecule has 6 bridgehead atoms. The highest BCUT2D eigenvalue weighted by molar-refractivity contribution is 5.64. The van der Waals surface area contributed by atoms with Gasteiger partial charge in [0.1, 0.15) is 5.75 Å². The minimum absolute atomic E-state index is 0.000508. The van der Waals surface area contributed by atoms with Crippen molar-refractivity contribution in [1.82, 2.24) is 9.80 Å². The topological polar surface area (TPSA) is 61.9 Å². The highest BCUT2D eigenvalue weighted by Gasteiger charge is 2.35. The quantitative estimate of drug-likeness (QED) is 0.209. The predicted octanol–water partition coefficient (Wildman–Crippen LogP) is 7.94. The molecular formula is C40H46N2O6. The van der Waals surface area contributed by atoms with Gasteiger partial charge in [0, 0.05) is 30.7 Å². The third-order valence-corrected chi connectivity index (χ3v) is 10.1. The summed E-state index contributed by atoms with van der Waals surface area (Å²) in [6.45, 7) is 4.51. The van der Waals surface area contributed by atoms with Crippen LogP contribution < -0.4 is 28.4 Å². The maximum absolute atomic E-state index is 7.14. The van der Waals surface area contributed by atoms with Gasteiger partial charge in [-0.15, -0.1) is 0 Å². The molecule has 8 nitrogen and oxygen atoms in total. The number of ether oxygens (including phenoxy) is 6. The number of fused-ring (bicyclic) bond motifs is 2. The van der Waals surface area contributed by atoms with Crippen LogP contribution in [0.2, 0.25) is 0 Å². The van der Waals surface area contributed by atoms with Crippen LogP contribution in [0.4, 0.5) is 0 Å². The van der Waals surface area contributed by atoms with Crippen molar-refractivity contribution < 1.29 is 28.4 Å². The summed E-state index contributed by atoms with van der Waals surface area (Å²) in [6.07, 6.45) is 4.24. The van der Waals surface area contributed by atoms with E-state index < -0.39 is 0 Å². The van der Waals surface area contributed by atoms with Crippen molar-refractivity contribution in [3.8, 4) is 46.0 Å². The van der Waals surface area contributed by atoms with Crippen molar-refractivity contribution in [2.24, 2.45) is 0 Å². The molecule has 0 saturated carbocycles. The number of rotatable bonds is 6. The van der Waals surface area contributed by atoms with Crippen LogP contribution in [0.3, 0.4) is 0 Å². The molecule has 0 unspecified atom stereocenters. The van der Waals surface area contributed by atoms with Crippen LogP contribution in [-0.4, -0.2) is 64.9 Å². The summed E-state index contributed by atoms with van der Waals surface area (Å²) >= 11 is 0. The van der Waals surface area contributed by atoms with Gasteiger partial charge in [0.2, 0.25) is 5.75 Å². The predicted molar refractivity (Wildman–Crippen MR) is 187 cm³/mol. The second-order valence-electron chi connectivity index (χ2n) is 13.1. The highest BCUT2D eigenvalue weighted by Crippen LogP contribution is 2.52. The number of benzene rings is 4. The average molecular weight is 651 g/mol. The number of hydrogen-bond acceptors (Lipinski definition) is 8. The van der Waals surface area contributed by atoms with Crippen molar-refractivity contribution in [1.29, 1.82) is 0 Å². The third kappa shape index (κ3) is 6.03. The highest BCUT2D eigenvalue weighted by atomic mass is 16.6. The average Bonchev–Trinajstić information content (AvgIpc) is 3.10. The van der Waals surface area contributed by atoms with Crippen molar-refractivity contribution >= 4 is 0 Å². The summed E-state index contributed by atoms with van der Waals surface area (Å²) in [7, 11) is 9.49. The summed E-state index contributed by atoms with van der Waals surface area (Å²) in [6, 6.07) is 21.3. The summed E-state index contributed by atoms with van der Waals surface area (Å²) < 4.78 is 37.8. The molecule has 4 aliphatic rings. The van der Waals surface area contributed by atoms with E-state index in [2.05, 4.69) is 85.4 Å². The summed E-state index contributed by atoms with van der Waals surface area (Å²) in [5.41, 5.74) is 7.20. The molecule has 48 heavy (non-hydrogen) atoms. The van der Waals surface area contributed by atoms with Crippen LogP contribution >= 0.6 is 0 Å². The van der Waals surface area contributed by atoms with Crippen molar-refractivity contribution in [2.45, 2.75) is 51.1 Å². The van der Waals surface area contributed by atoms with Crippen LogP contribution in [0, 0.1) is 0 Å². The van der Waals surface area contributed by atoms with E-state index >= 15 is 0 Å². The van der Waals surface area contributed by atoms with E-state index in [1.165, 1.54) is 22.3 Å². The first-order valence-electron chi connectivity index (χ1n) is 17.0. The molecule has 0 amide bonds. The number of nitrogens with zero attached hydrogens (tertiary/aromatic N) is 2. The number of likely N-dealkylation sites (N-methyl/N-ethyl adjacent to an activating group) is 2. The van der Waals surface area contributed by atoms with Gasteiger partial charge in [-0.1, -0.05) is 25.1 Å². The maximum atomic E-state index is 7.14. The van der Waals surface area contributed by atoms with E-state index in [1.807, 2.05) is 6.07 Å². The smallest absolute Gasteiger partial charge is 0.204 e. The summed E-state index contributed by atoms with van der Waals surface area (Å²) in [4.78, 5) is 4.84. The lowest BCUT2D eigenvalue weighted by Gasteiger charge is -2.37. The molecule has 0 aliphatic carbocycles. The first-order valence-corrected chi connectivity index (χ1v) is 17.0. The zero-order valence-corrected chi connectivity index (χ0v) is 28.9. The third-order valence-electron chi connectivity index (χ3n) is 10.1. The molecule has 0 saturated heterocycles. The Morgan fingerprint density at radius 3 is 2.06 bits per heavy atom. The van der Waals surface area contributed by atoms with Gasteiger partial charge in [-0.25, -0.2) is 0 Å². The molecule has 2 atom stereocenters. The molecule has 252 valence electrons. The number of hydrogen-bond donors (Lipinski definition) is 0. The van der Waals surface area contributed by atoms with E-state index in [-0.39, 0.29) is 12.1 Å². The van der Waals surface area contributed by atoms with Gasteiger partial charge in [-0.3, -0.25) is 9.80 Å². The molecule has 8 rings (SSSR count). The molecule has 4 aliphatic heterocycles. The van der Waals surface area contributed by atoms with Crippen molar-refractivity contribution in [2.75, 3.05) is 55.1 Å². The first-order chi connectivity index (χ1) is 23.4.